The van der Waals surface area contributed by atoms with Gasteiger partial charge in [-0.25, -0.2) is 0 Å². The van der Waals surface area contributed by atoms with Gasteiger partial charge in [-0.3, -0.25) is 14.4 Å². The molecule has 0 aromatic carbocycles. The van der Waals surface area contributed by atoms with Gasteiger partial charge >= 0.3 is 11.9 Å². The Balaban J connectivity index is -0.000000234. The molecule has 0 aromatic rings. The van der Waals surface area contributed by atoms with Crippen LogP contribution in [0.3, 0.4) is 0 Å². The Morgan fingerprint density at radius 3 is 1.80 bits per heavy atom. The van der Waals surface area contributed by atoms with Crippen LogP contribution in [0.5, 0.6) is 0 Å². The number of carbonyl (C=O) groups is 3. The molecule has 0 aromatic heterocycles. The SMILES string of the molecule is CC(=O)O.CC(=O)OCC(O)CO.CCCCC(=O)O. The summed E-state index contributed by atoms with van der Waals surface area (Å²) >= 11 is 0. The standard InChI is InChI=1S/C5H10O4.C5H10O2.C2H4O2/c1-4(7)9-3-5(8)2-6;1-2-3-4-5(6)7;1-2(3)4/h5-6,8H,2-3H2,1H3;2-4H2,1H3,(H,6,7);1H3,(H,3,4). The molecule has 0 aliphatic heterocycles. The van der Waals surface area contributed by atoms with Gasteiger partial charge in [-0.05, 0) is 6.42 Å². The molecule has 0 amide bonds. The Kier molecular flexibility index (Phi) is 20.3. The molecule has 0 heterocycles. The van der Waals surface area contributed by atoms with Crippen molar-refractivity contribution in [1.29, 1.82) is 0 Å². The fraction of sp³-hybridized carbons (Fsp3) is 0.750. The van der Waals surface area contributed by atoms with E-state index in [4.69, 9.17) is 25.2 Å². The van der Waals surface area contributed by atoms with Crippen LogP contribution in [0, 0.1) is 0 Å². The summed E-state index contributed by atoms with van der Waals surface area (Å²) in [4.78, 5) is 28.8. The number of rotatable bonds is 6. The van der Waals surface area contributed by atoms with Crippen LogP contribution in [0.25, 0.3) is 0 Å². The van der Waals surface area contributed by atoms with Crippen LogP contribution >= 0.6 is 0 Å². The molecule has 1 unspecified atom stereocenters. The molecule has 0 aliphatic carbocycles. The van der Waals surface area contributed by atoms with Gasteiger partial charge in [0.05, 0.1) is 6.61 Å². The lowest BCUT2D eigenvalue weighted by Crippen LogP contribution is -2.20. The summed E-state index contributed by atoms with van der Waals surface area (Å²) < 4.78 is 4.35. The molecule has 1 atom stereocenters. The zero-order valence-electron chi connectivity index (χ0n) is 12.0. The molecular formula is C12H24O8. The Bertz CT molecular complexity index is 260. The van der Waals surface area contributed by atoms with Crippen LogP contribution in [-0.4, -0.2) is 57.7 Å². The molecule has 4 N–H and O–H groups in total. The number of hydrogen-bond acceptors (Lipinski definition) is 6. The Labute approximate surface area is 118 Å². The second-order valence-electron chi connectivity index (χ2n) is 3.66. The maximum absolute atomic E-state index is 10.0. The highest BCUT2D eigenvalue weighted by Crippen LogP contribution is 1.91. The van der Waals surface area contributed by atoms with Crippen molar-refractivity contribution in [3.05, 3.63) is 0 Å². The number of unbranched alkanes of at least 4 members (excludes halogenated alkanes) is 1. The van der Waals surface area contributed by atoms with E-state index < -0.39 is 24.0 Å². The highest BCUT2D eigenvalue weighted by atomic mass is 16.5. The lowest BCUT2D eigenvalue weighted by Gasteiger charge is -2.05. The van der Waals surface area contributed by atoms with Crippen molar-refractivity contribution >= 4 is 17.9 Å². The number of carboxylic acids is 2. The monoisotopic (exact) mass is 296 g/mol. The van der Waals surface area contributed by atoms with Crippen molar-refractivity contribution in [2.75, 3.05) is 13.2 Å². The van der Waals surface area contributed by atoms with Crippen LogP contribution in [0.4, 0.5) is 0 Å². The summed E-state index contributed by atoms with van der Waals surface area (Å²) in [5.41, 5.74) is 0. The minimum atomic E-state index is -0.950. The summed E-state index contributed by atoms with van der Waals surface area (Å²) in [5.74, 6) is -1.98. The average Bonchev–Trinajstić information content (AvgIpc) is 2.33. The van der Waals surface area contributed by atoms with Crippen LogP contribution in [0.15, 0.2) is 0 Å². The van der Waals surface area contributed by atoms with Crippen molar-refractivity contribution in [2.24, 2.45) is 0 Å². The molecule has 0 saturated heterocycles. The molecule has 20 heavy (non-hydrogen) atoms. The van der Waals surface area contributed by atoms with Crippen LogP contribution in [0.2, 0.25) is 0 Å². The topological polar surface area (TPSA) is 141 Å². The Morgan fingerprint density at radius 1 is 1.15 bits per heavy atom. The fourth-order valence-electron chi connectivity index (χ4n) is 0.594. The van der Waals surface area contributed by atoms with Crippen molar-refractivity contribution in [1.82, 2.24) is 0 Å². The third-order valence-electron chi connectivity index (χ3n) is 1.43. The Morgan fingerprint density at radius 2 is 1.60 bits per heavy atom. The second kappa shape index (κ2) is 17.3. The number of ether oxygens (including phenoxy) is 1. The van der Waals surface area contributed by atoms with Gasteiger partial charge < -0.3 is 25.2 Å². The molecule has 0 radical (unpaired) electrons. The highest BCUT2D eigenvalue weighted by molar-refractivity contribution is 5.66. The number of aliphatic hydroxyl groups is 2. The van der Waals surface area contributed by atoms with Gasteiger partial charge in [0.2, 0.25) is 0 Å². The molecule has 0 fully saturated rings. The van der Waals surface area contributed by atoms with Gasteiger partial charge in [-0.2, -0.15) is 0 Å². The van der Waals surface area contributed by atoms with Crippen LogP contribution in [-0.2, 0) is 19.1 Å². The molecule has 0 spiro atoms. The number of hydrogen-bond donors (Lipinski definition) is 4. The molecule has 0 aliphatic rings. The first-order valence-corrected chi connectivity index (χ1v) is 6.00. The minimum absolute atomic E-state index is 0.133. The van der Waals surface area contributed by atoms with Crippen molar-refractivity contribution in [2.45, 2.75) is 46.1 Å². The minimum Gasteiger partial charge on any atom is -0.481 e. The summed E-state index contributed by atoms with van der Waals surface area (Å²) in [7, 11) is 0. The summed E-state index contributed by atoms with van der Waals surface area (Å²) in [6.07, 6.45) is 1.13. The van der Waals surface area contributed by atoms with Gasteiger partial charge in [0.25, 0.3) is 5.97 Å². The maximum atomic E-state index is 10.0. The first-order chi connectivity index (χ1) is 9.17. The predicted molar refractivity (Wildman–Crippen MR) is 70.2 cm³/mol. The van der Waals surface area contributed by atoms with E-state index in [1.807, 2.05) is 6.92 Å². The van der Waals surface area contributed by atoms with E-state index in [9.17, 15) is 9.59 Å². The van der Waals surface area contributed by atoms with E-state index in [0.29, 0.717) is 6.42 Å². The molecule has 0 rings (SSSR count). The van der Waals surface area contributed by atoms with E-state index in [1.54, 1.807) is 0 Å². The number of carboxylic acid groups (broad SMARTS) is 2. The normalized spacial score (nSPS) is 10.1. The van der Waals surface area contributed by atoms with Crippen molar-refractivity contribution in [3.63, 3.8) is 0 Å². The maximum Gasteiger partial charge on any atom is 0.303 e. The van der Waals surface area contributed by atoms with Gasteiger partial charge in [0.1, 0.15) is 12.7 Å². The van der Waals surface area contributed by atoms with E-state index in [1.165, 1.54) is 6.92 Å². The number of carbonyl (C=O) groups excluding carboxylic acids is 1. The summed E-state index contributed by atoms with van der Waals surface area (Å²) in [6, 6.07) is 0. The number of aliphatic hydroxyl groups excluding tert-OH is 2. The van der Waals surface area contributed by atoms with E-state index in [-0.39, 0.29) is 13.2 Å². The second-order valence-corrected chi connectivity index (χ2v) is 3.66. The zero-order chi connectivity index (χ0) is 16.6. The highest BCUT2D eigenvalue weighted by Gasteiger charge is 2.02. The number of aliphatic carboxylic acids is 2. The third kappa shape index (κ3) is 44.1. The molecule has 0 saturated carbocycles. The zero-order valence-corrected chi connectivity index (χ0v) is 12.0. The largest absolute Gasteiger partial charge is 0.481 e. The lowest BCUT2D eigenvalue weighted by atomic mass is 10.3. The van der Waals surface area contributed by atoms with E-state index in [0.717, 1.165) is 19.8 Å². The Hall–Kier alpha value is -1.67. The van der Waals surface area contributed by atoms with Crippen molar-refractivity contribution in [3.8, 4) is 0 Å². The first-order valence-electron chi connectivity index (χ1n) is 6.00. The molecule has 0 bridgehead atoms. The fourth-order valence-corrected chi connectivity index (χ4v) is 0.594. The van der Waals surface area contributed by atoms with Gasteiger partial charge in [0.15, 0.2) is 0 Å². The lowest BCUT2D eigenvalue weighted by molar-refractivity contribution is -0.144. The van der Waals surface area contributed by atoms with E-state index >= 15 is 0 Å². The summed E-state index contributed by atoms with van der Waals surface area (Å²) in [5, 5.41) is 32.2. The van der Waals surface area contributed by atoms with Crippen LogP contribution in [0.1, 0.15) is 40.0 Å². The van der Waals surface area contributed by atoms with Gasteiger partial charge in [-0.15, -0.1) is 0 Å². The summed E-state index contributed by atoms with van der Waals surface area (Å²) in [6.45, 7) is 3.78. The predicted octanol–water partition coefficient (Wildman–Crippen LogP) is 0.255. The van der Waals surface area contributed by atoms with Gasteiger partial charge in [0, 0.05) is 20.3 Å². The molecule has 120 valence electrons. The quantitative estimate of drug-likeness (QED) is 0.511. The van der Waals surface area contributed by atoms with Crippen LogP contribution < -0.4 is 0 Å². The van der Waals surface area contributed by atoms with Gasteiger partial charge in [-0.1, -0.05) is 13.3 Å². The smallest absolute Gasteiger partial charge is 0.303 e. The average molecular weight is 296 g/mol. The first kappa shape index (κ1) is 23.4. The molecular weight excluding hydrogens is 272 g/mol. The third-order valence-corrected chi connectivity index (χ3v) is 1.43. The molecule has 8 heteroatoms. The molecule has 8 nitrogen and oxygen atoms in total. The van der Waals surface area contributed by atoms with Crippen molar-refractivity contribution < 1.29 is 39.5 Å². The number of esters is 1. The van der Waals surface area contributed by atoms with E-state index in [2.05, 4.69) is 4.74 Å².